The van der Waals surface area contributed by atoms with E-state index in [0.29, 0.717) is 0 Å². The Morgan fingerprint density at radius 1 is 1.29 bits per heavy atom. The Hall–Kier alpha value is -1.94. The fourth-order valence-electron chi connectivity index (χ4n) is 2.44. The third-order valence-corrected chi connectivity index (χ3v) is 3.49. The molecule has 1 heterocycles. The first kappa shape index (κ1) is 15.4. The minimum Gasteiger partial charge on any atom is -0.495 e. The van der Waals surface area contributed by atoms with Gasteiger partial charge in [-0.15, -0.1) is 0 Å². The number of nitrogens with zero attached hydrogens (tertiary/aromatic N) is 1. The minimum atomic E-state index is -0.216. The van der Waals surface area contributed by atoms with Crippen LogP contribution in [0.5, 0.6) is 5.75 Å². The third kappa shape index (κ3) is 3.58. The van der Waals surface area contributed by atoms with E-state index in [2.05, 4.69) is 17.2 Å². The molecule has 0 aliphatic rings. The fraction of sp³-hybridized carbons (Fsp3) is 0.353. The maximum Gasteiger partial charge on any atom is 0.142 e. The molecule has 0 spiro atoms. The van der Waals surface area contributed by atoms with Gasteiger partial charge < -0.3 is 10.1 Å². The molecule has 2 aromatic rings. The summed E-state index contributed by atoms with van der Waals surface area (Å²) in [6.07, 6.45) is 4.47. The standard InChI is InChI=1S/C17H21FN2O/c1-4-8-20-17(14-6-5-13(18)10-12(14)2)15-7-9-19-11-16(15)21-3/h5-7,9-11,17,20H,4,8H2,1-3H3. The maximum absolute atomic E-state index is 13.4. The first-order valence-electron chi connectivity index (χ1n) is 7.14. The minimum absolute atomic E-state index is 0.0384. The second kappa shape index (κ2) is 7.18. The smallest absolute Gasteiger partial charge is 0.142 e. The first-order valence-corrected chi connectivity index (χ1v) is 7.14. The van der Waals surface area contributed by atoms with Gasteiger partial charge in [-0.2, -0.15) is 0 Å². The van der Waals surface area contributed by atoms with Gasteiger partial charge in [-0.1, -0.05) is 13.0 Å². The van der Waals surface area contributed by atoms with Crippen LogP contribution in [0.4, 0.5) is 4.39 Å². The molecule has 0 saturated carbocycles. The van der Waals surface area contributed by atoms with Crippen molar-refractivity contribution in [2.75, 3.05) is 13.7 Å². The van der Waals surface area contributed by atoms with Gasteiger partial charge >= 0.3 is 0 Å². The molecule has 1 unspecified atom stereocenters. The van der Waals surface area contributed by atoms with Crippen molar-refractivity contribution in [1.82, 2.24) is 10.3 Å². The highest BCUT2D eigenvalue weighted by Crippen LogP contribution is 2.31. The summed E-state index contributed by atoms with van der Waals surface area (Å²) in [5.41, 5.74) is 2.98. The lowest BCUT2D eigenvalue weighted by molar-refractivity contribution is 0.401. The van der Waals surface area contributed by atoms with Crippen LogP contribution in [0.15, 0.2) is 36.7 Å². The number of methoxy groups -OCH3 is 1. The number of pyridine rings is 1. The van der Waals surface area contributed by atoms with E-state index in [1.54, 1.807) is 25.6 Å². The van der Waals surface area contributed by atoms with Crippen molar-refractivity contribution in [3.05, 3.63) is 59.2 Å². The lowest BCUT2D eigenvalue weighted by Crippen LogP contribution is -2.24. The largest absolute Gasteiger partial charge is 0.495 e. The normalized spacial score (nSPS) is 12.2. The molecular formula is C17H21FN2O. The zero-order valence-electron chi connectivity index (χ0n) is 12.7. The molecule has 21 heavy (non-hydrogen) atoms. The van der Waals surface area contributed by atoms with Crippen LogP contribution in [-0.2, 0) is 0 Å². The Bertz CT molecular complexity index is 601. The number of rotatable bonds is 6. The van der Waals surface area contributed by atoms with Gasteiger partial charge in [0.1, 0.15) is 11.6 Å². The number of aromatic nitrogens is 1. The van der Waals surface area contributed by atoms with E-state index in [0.717, 1.165) is 35.4 Å². The molecule has 0 aliphatic carbocycles. The molecule has 4 heteroatoms. The third-order valence-electron chi connectivity index (χ3n) is 3.49. The second-order valence-corrected chi connectivity index (χ2v) is 5.01. The summed E-state index contributed by atoms with van der Waals surface area (Å²) < 4.78 is 18.8. The van der Waals surface area contributed by atoms with Gasteiger partial charge in [-0.05, 0) is 49.2 Å². The lowest BCUT2D eigenvalue weighted by Gasteiger charge is -2.23. The summed E-state index contributed by atoms with van der Waals surface area (Å²) in [5, 5.41) is 3.51. The Kier molecular flexibility index (Phi) is 5.28. The highest BCUT2D eigenvalue weighted by molar-refractivity contribution is 5.42. The fourth-order valence-corrected chi connectivity index (χ4v) is 2.44. The molecule has 2 rings (SSSR count). The molecule has 0 bridgehead atoms. The van der Waals surface area contributed by atoms with E-state index < -0.39 is 0 Å². The molecule has 112 valence electrons. The molecule has 1 N–H and O–H groups in total. The Labute approximate surface area is 125 Å². The van der Waals surface area contributed by atoms with Crippen molar-refractivity contribution >= 4 is 0 Å². The van der Waals surface area contributed by atoms with Crippen LogP contribution >= 0.6 is 0 Å². The van der Waals surface area contributed by atoms with Crippen molar-refractivity contribution in [2.45, 2.75) is 26.3 Å². The van der Waals surface area contributed by atoms with Gasteiger partial charge in [0, 0.05) is 11.8 Å². The number of ether oxygens (including phenoxy) is 1. The Morgan fingerprint density at radius 2 is 2.10 bits per heavy atom. The number of aryl methyl sites for hydroxylation is 1. The van der Waals surface area contributed by atoms with Crippen LogP contribution in [0.3, 0.4) is 0 Å². The summed E-state index contributed by atoms with van der Waals surface area (Å²) >= 11 is 0. The van der Waals surface area contributed by atoms with E-state index in [1.807, 2.05) is 19.1 Å². The molecule has 0 amide bonds. The number of hydrogen-bond donors (Lipinski definition) is 1. The number of hydrogen-bond acceptors (Lipinski definition) is 3. The monoisotopic (exact) mass is 288 g/mol. The Balaban J connectivity index is 2.47. The molecule has 0 radical (unpaired) electrons. The molecule has 3 nitrogen and oxygen atoms in total. The van der Waals surface area contributed by atoms with E-state index >= 15 is 0 Å². The van der Waals surface area contributed by atoms with Crippen LogP contribution in [0, 0.1) is 12.7 Å². The highest BCUT2D eigenvalue weighted by Gasteiger charge is 2.19. The predicted molar refractivity (Wildman–Crippen MR) is 82.1 cm³/mol. The van der Waals surface area contributed by atoms with E-state index in [9.17, 15) is 4.39 Å². The average Bonchev–Trinajstić information content (AvgIpc) is 2.49. The molecular weight excluding hydrogens is 267 g/mol. The van der Waals surface area contributed by atoms with Crippen molar-refractivity contribution in [2.24, 2.45) is 0 Å². The highest BCUT2D eigenvalue weighted by atomic mass is 19.1. The Morgan fingerprint density at radius 3 is 2.76 bits per heavy atom. The van der Waals surface area contributed by atoms with Crippen molar-refractivity contribution in [1.29, 1.82) is 0 Å². The van der Waals surface area contributed by atoms with E-state index in [-0.39, 0.29) is 11.9 Å². The van der Waals surface area contributed by atoms with Crippen LogP contribution in [0.25, 0.3) is 0 Å². The van der Waals surface area contributed by atoms with Gasteiger partial charge in [-0.25, -0.2) is 4.39 Å². The second-order valence-electron chi connectivity index (χ2n) is 5.01. The molecule has 1 atom stereocenters. The molecule has 0 saturated heterocycles. The summed E-state index contributed by atoms with van der Waals surface area (Å²) in [6, 6.07) is 6.79. The summed E-state index contributed by atoms with van der Waals surface area (Å²) in [4.78, 5) is 4.10. The zero-order chi connectivity index (χ0) is 15.2. The average molecular weight is 288 g/mol. The number of nitrogens with one attached hydrogen (secondary N) is 1. The number of benzene rings is 1. The molecule has 1 aromatic heterocycles. The van der Waals surface area contributed by atoms with Crippen molar-refractivity contribution in [3.8, 4) is 5.75 Å². The summed E-state index contributed by atoms with van der Waals surface area (Å²) in [7, 11) is 1.63. The first-order chi connectivity index (χ1) is 10.2. The van der Waals surface area contributed by atoms with Gasteiger partial charge in [0.15, 0.2) is 0 Å². The molecule has 0 aliphatic heterocycles. The van der Waals surface area contributed by atoms with E-state index in [1.165, 1.54) is 6.07 Å². The quantitative estimate of drug-likeness (QED) is 0.881. The van der Waals surface area contributed by atoms with Gasteiger partial charge in [0.25, 0.3) is 0 Å². The summed E-state index contributed by atoms with van der Waals surface area (Å²) in [6.45, 7) is 4.91. The van der Waals surface area contributed by atoms with Gasteiger partial charge in [-0.3, -0.25) is 4.98 Å². The number of halogens is 1. The topological polar surface area (TPSA) is 34.2 Å². The van der Waals surface area contributed by atoms with Crippen LogP contribution in [0.1, 0.15) is 36.1 Å². The SMILES string of the molecule is CCCNC(c1ccc(F)cc1C)c1ccncc1OC. The van der Waals surface area contributed by atoms with E-state index in [4.69, 9.17) is 4.74 Å². The maximum atomic E-state index is 13.4. The molecule has 0 fully saturated rings. The van der Waals surface area contributed by atoms with Crippen LogP contribution < -0.4 is 10.1 Å². The lowest BCUT2D eigenvalue weighted by atomic mass is 9.95. The van der Waals surface area contributed by atoms with Crippen LogP contribution in [-0.4, -0.2) is 18.6 Å². The molecule has 1 aromatic carbocycles. The predicted octanol–water partition coefficient (Wildman–Crippen LogP) is 3.63. The van der Waals surface area contributed by atoms with Gasteiger partial charge in [0.2, 0.25) is 0 Å². The zero-order valence-corrected chi connectivity index (χ0v) is 12.7. The van der Waals surface area contributed by atoms with Crippen molar-refractivity contribution in [3.63, 3.8) is 0 Å². The van der Waals surface area contributed by atoms with Crippen molar-refractivity contribution < 1.29 is 9.13 Å². The summed E-state index contributed by atoms with van der Waals surface area (Å²) in [5.74, 6) is 0.516. The van der Waals surface area contributed by atoms with Crippen LogP contribution in [0.2, 0.25) is 0 Å². The van der Waals surface area contributed by atoms with Gasteiger partial charge in [0.05, 0.1) is 19.3 Å².